The fourth-order valence-corrected chi connectivity index (χ4v) is 2.36. The van der Waals surface area contributed by atoms with E-state index in [0.29, 0.717) is 0 Å². The van der Waals surface area contributed by atoms with Crippen LogP contribution < -0.4 is 0 Å². The first-order valence-corrected chi connectivity index (χ1v) is 6.34. The molecule has 7 heteroatoms. The first-order chi connectivity index (χ1) is 9.85. The molecule has 0 unspecified atom stereocenters. The Morgan fingerprint density at radius 1 is 1.18 bits per heavy atom. The van der Waals surface area contributed by atoms with Crippen molar-refractivity contribution in [2.45, 2.75) is 19.4 Å². The van der Waals surface area contributed by atoms with Crippen molar-refractivity contribution in [3.8, 4) is 0 Å². The van der Waals surface area contributed by atoms with E-state index in [0.717, 1.165) is 6.92 Å². The number of esters is 1. The Bertz CT molecular complexity index is 633. The standard InChI is InChI=1S/C15H14O6.H2O/c1-3-21-14(19)11(8(2)16)15(20)12(17)9-6-4-5-7-10(9)13(15)18;/h4-7,16,20H,3H2,1-2H3;1H2/b11-8-;. The van der Waals surface area contributed by atoms with Crippen molar-refractivity contribution in [3.05, 3.63) is 46.7 Å². The van der Waals surface area contributed by atoms with Crippen LogP contribution in [0.15, 0.2) is 35.6 Å². The minimum Gasteiger partial charge on any atom is -0.512 e. The van der Waals surface area contributed by atoms with E-state index in [4.69, 9.17) is 4.74 Å². The lowest BCUT2D eigenvalue weighted by atomic mass is 9.87. The number of carbonyl (C=O) groups excluding carboxylic acids is 3. The quantitative estimate of drug-likeness (QED) is 0.359. The number of Topliss-reactive ketones (excluding diaryl/α,β-unsaturated/α-hetero) is 2. The number of ether oxygens (including phenoxy) is 1. The summed E-state index contributed by atoms with van der Waals surface area (Å²) in [6, 6.07) is 5.83. The average molecular weight is 308 g/mol. The Morgan fingerprint density at radius 2 is 1.64 bits per heavy atom. The van der Waals surface area contributed by atoms with E-state index in [1.165, 1.54) is 31.2 Å². The molecule has 7 nitrogen and oxygen atoms in total. The van der Waals surface area contributed by atoms with Crippen LogP contribution >= 0.6 is 0 Å². The number of hydrogen-bond acceptors (Lipinski definition) is 6. The lowest BCUT2D eigenvalue weighted by molar-refractivity contribution is -0.140. The monoisotopic (exact) mass is 308 g/mol. The third-order valence-corrected chi connectivity index (χ3v) is 3.28. The summed E-state index contributed by atoms with van der Waals surface area (Å²) < 4.78 is 4.72. The number of carbonyl (C=O) groups is 3. The van der Waals surface area contributed by atoms with Crippen molar-refractivity contribution >= 4 is 17.5 Å². The van der Waals surface area contributed by atoms with Gasteiger partial charge in [-0.1, -0.05) is 24.3 Å². The van der Waals surface area contributed by atoms with Gasteiger partial charge in [0.05, 0.1) is 6.61 Å². The van der Waals surface area contributed by atoms with Crippen molar-refractivity contribution in [1.29, 1.82) is 0 Å². The number of ketones is 2. The number of allylic oxidation sites excluding steroid dienone is 1. The first kappa shape index (κ1) is 17.5. The van der Waals surface area contributed by atoms with Gasteiger partial charge in [0.15, 0.2) is 0 Å². The molecule has 0 fully saturated rings. The van der Waals surface area contributed by atoms with Gasteiger partial charge in [-0.2, -0.15) is 0 Å². The molecule has 0 aromatic heterocycles. The highest BCUT2D eigenvalue weighted by Gasteiger charge is 2.57. The van der Waals surface area contributed by atoms with Crippen LogP contribution in [0.2, 0.25) is 0 Å². The van der Waals surface area contributed by atoms with Crippen LogP contribution in [0.3, 0.4) is 0 Å². The summed E-state index contributed by atoms with van der Waals surface area (Å²) in [5.41, 5.74) is -3.47. The molecule has 0 saturated carbocycles. The Morgan fingerprint density at radius 3 is 2.00 bits per heavy atom. The normalized spacial score (nSPS) is 16.5. The molecule has 1 aromatic rings. The van der Waals surface area contributed by atoms with Crippen molar-refractivity contribution < 1.29 is 34.8 Å². The van der Waals surface area contributed by atoms with Gasteiger partial charge in [0.1, 0.15) is 11.3 Å². The van der Waals surface area contributed by atoms with Gasteiger partial charge in [-0.25, -0.2) is 4.79 Å². The van der Waals surface area contributed by atoms with E-state index < -0.39 is 34.5 Å². The molecule has 0 spiro atoms. The zero-order valence-electron chi connectivity index (χ0n) is 12.0. The lowest BCUT2D eigenvalue weighted by Gasteiger charge is -2.21. The van der Waals surface area contributed by atoms with Crippen molar-refractivity contribution in [2.24, 2.45) is 0 Å². The zero-order valence-corrected chi connectivity index (χ0v) is 12.0. The minimum absolute atomic E-state index is 0. The molecule has 0 saturated heterocycles. The Kier molecular flexibility index (Phi) is 4.85. The molecular weight excluding hydrogens is 292 g/mol. The number of aliphatic hydroxyl groups is 2. The second kappa shape index (κ2) is 6.08. The number of aliphatic hydroxyl groups excluding tert-OH is 1. The molecule has 0 amide bonds. The summed E-state index contributed by atoms with van der Waals surface area (Å²) in [4.78, 5) is 36.6. The molecule has 118 valence electrons. The molecule has 0 radical (unpaired) electrons. The predicted molar refractivity (Wildman–Crippen MR) is 75.6 cm³/mol. The van der Waals surface area contributed by atoms with Gasteiger partial charge < -0.3 is 20.4 Å². The minimum atomic E-state index is -2.74. The summed E-state index contributed by atoms with van der Waals surface area (Å²) in [6.45, 7) is 2.61. The molecule has 4 N–H and O–H groups in total. The molecular formula is C15H16O7. The highest BCUT2D eigenvalue weighted by Crippen LogP contribution is 2.36. The first-order valence-electron chi connectivity index (χ1n) is 6.34. The highest BCUT2D eigenvalue weighted by atomic mass is 16.5. The number of hydrogen-bond donors (Lipinski definition) is 2. The molecule has 1 aliphatic rings. The molecule has 1 aromatic carbocycles. The molecule has 0 heterocycles. The summed E-state index contributed by atoms with van der Waals surface area (Å²) in [5, 5.41) is 20.2. The van der Waals surface area contributed by atoms with E-state index in [-0.39, 0.29) is 23.2 Å². The Hall–Kier alpha value is -2.51. The van der Waals surface area contributed by atoms with Crippen LogP contribution in [0.25, 0.3) is 0 Å². The van der Waals surface area contributed by atoms with Crippen LogP contribution in [0, 0.1) is 0 Å². The highest BCUT2D eigenvalue weighted by molar-refractivity contribution is 6.36. The second-order valence-corrected chi connectivity index (χ2v) is 4.60. The molecule has 1 aliphatic carbocycles. The second-order valence-electron chi connectivity index (χ2n) is 4.60. The zero-order chi connectivity index (χ0) is 15.8. The topological polar surface area (TPSA) is 132 Å². The molecule has 2 rings (SSSR count). The molecule has 0 bridgehead atoms. The van der Waals surface area contributed by atoms with Gasteiger partial charge in [0.25, 0.3) is 0 Å². The van der Waals surface area contributed by atoms with E-state index in [1.807, 2.05) is 0 Å². The number of benzene rings is 1. The lowest BCUT2D eigenvalue weighted by Crippen LogP contribution is -2.46. The van der Waals surface area contributed by atoms with Gasteiger partial charge in [-0.05, 0) is 13.8 Å². The van der Waals surface area contributed by atoms with E-state index in [1.54, 1.807) is 0 Å². The predicted octanol–water partition coefficient (Wildman–Crippen LogP) is 0.367. The summed E-state index contributed by atoms with van der Waals surface area (Å²) in [6.07, 6.45) is 0. The van der Waals surface area contributed by atoms with Crippen LogP contribution in [0.4, 0.5) is 0 Å². The maximum absolute atomic E-state index is 12.4. The van der Waals surface area contributed by atoms with Crippen LogP contribution in [0.5, 0.6) is 0 Å². The summed E-state index contributed by atoms with van der Waals surface area (Å²) in [7, 11) is 0. The van der Waals surface area contributed by atoms with Crippen molar-refractivity contribution in [2.75, 3.05) is 6.61 Å². The van der Waals surface area contributed by atoms with Gasteiger partial charge in [0, 0.05) is 11.1 Å². The SMILES string of the molecule is CCOC(=O)/C(=C(\C)O)C1(O)C(=O)c2ccccc2C1=O.O. The van der Waals surface area contributed by atoms with Crippen molar-refractivity contribution in [3.63, 3.8) is 0 Å². The fraction of sp³-hybridized carbons (Fsp3) is 0.267. The molecule has 0 atom stereocenters. The van der Waals surface area contributed by atoms with Crippen LogP contribution in [0.1, 0.15) is 34.6 Å². The van der Waals surface area contributed by atoms with Gasteiger partial charge in [0.2, 0.25) is 17.2 Å². The van der Waals surface area contributed by atoms with E-state index in [2.05, 4.69) is 0 Å². The number of fused-ring (bicyclic) bond motifs is 1. The van der Waals surface area contributed by atoms with Gasteiger partial charge in [-0.3, -0.25) is 9.59 Å². The van der Waals surface area contributed by atoms with Crippen molar-refractivity contribution in [1.82, 2.24) is 0 Å². The van der Waals surface area contributed by atoms with Crippen LogP contribution in [-0.2, 0) is 9.53 Å². The number of rotatable bonds is 3. The molecule has 0 aliphatic heterocycles. The summed E-state index contributed by atoms with van der Waals surface area (Å²) >= 11 is 0. The third-order valence-electron chi connectivity index (χ3n) is 3.28. The Balaban J connectivity index is 0.00000242. The third kappa shape index (κ3) is 2.30. The Labute approximate surface area is 126 Å². The fourth-order valence-electron chi connectivity index (χ4n) is 2.36. The van der Waals surface area contributed by atoms with Gasteiger partial charge >= 0.3 is 5.97 Å². The largest absolute Gasteiger partial charge is 0.512 e. The summed E-state index contributed by atoms with van der Waals surface area (Å²) in [5.74, 6) is -3.63. The average Bonchev–Trinajstić information content (AvgIpc) is 2.62. The van der Waals surface area contributed by atoms with E-state index in [9.17, 15) is 24.6 Å². The molecule has 22 heavy (non-hydrogen) atoms. The smallest absolute Gasteiger partial charge is 0.341 e. The maximum Gasteiger partial charge on any atom is 0.341 e. The van der Waals surface area contributed by atoms with Gasteiger partial charge in [-0.15, -0.1) is 0 Å². The van der Waals surface area contributed by atoms with Crippen LogP contribution in [-0.4, -0.2) is 45.4 Å². The van der Waals surface area contributed by atoms with E-state index >= 15 is 0 Å². The maximum atomic E-state index is 12.4.